The molecule has 2 aromatic carbocycles. The molecule has 0 fully saturated rings. The van der Waals surface area contributed by atoms with Crippen molar-refractivity contribution in [2.75, 3.05) is 23.7 Å². The van der Waals surface area contributed by atoms with E-state index in [9.17, 15) is 13.2 Å². The van der Waals surface area contributed by atoms with Crippen LogP contribution >= 0.6 is 23.2 Å². The summed E-state index contributed by atoms with van der Waals surface area (Å²) in [7, 11) is -3.74. The minimum absolute atomic E-state index is 0.202. The van der Waals surface area contributed by atoms with Crippen LogP contribution in [0.3, 0.4) is 0 Å². The third-order valence-corrected chi connectivity index (χ3v) is 6.43. The number of anilines is 1. The summed E-state index contributed by atoms with van der Waals surface area (Å²) in [6, 6.07) is 11.2. The maximum absolute atomic E-state index is 12.6. The molecular weight excluding hydrogens is 447 g/mol. The molecule has 0 saturated carbocycles. The molecular formula is C21H26Cl2N2O4S. The highest BCUT2D eigenvalue weighted by atomic mass is 35.5. The second kappa shape index (κ2) is 10.4. The zero-order valence-corrected chi connectivity index (χ0v) is 19.7. The predicted molar refractivity (Wildman–Crippen MR) is 122 cm³/mol. The Morgan fingerprint density at radius 2 is 1.77 bits per heavy atom. The van der Waals surface area contributed by atoms with Gasteiger partial charge in [-0.2, -0.15) is 0 Å². The number of nitrogens with zero attached hydrogens (tertiary/aromatic N) is 1. The lowest BCUT2D eigenvalue weighted by Crippen LogP contribution is -2.48. The van der Waals surface area contributed by atoms with Gasteiger partial charge in [0.05, 0.1) is 28.5 Å². The lowest BCUT2D eigenvalue weighted by atomic mass is 10.0. The summed E-state index contributed by atoms with van der Waals surface area (Å²) in [5.74, 6) is 0.626. The van der Waals surface area contributed by atoms with Crippen LogP contribution in [-0.2, 0) is 14.8 Å². The Morgan fingerprint density at radius 3 is 2.37 bits per heavy atom. The summed E-state index contributed by atoms with van der Waals surface area (Å²) in [5.41, 5.74) is 1.34. The topological polar surface area (TPSA) is 75.7 Å². The Kier molecular flexibility index (Phi) is 8.41. The van der Waals surface area contributed by atoms with Gasteiger partial charge < -0.3 is 10.1 Å². The van der Waals surface area contributed by atoms with Crippen LogP contribution in [0, 0.1) is 0 Å². The van der Waals surface area contributed by atoms with Gasteiger partial charge in [0, 0.05) is 0 Å². The first-order valence-corrected chi connectivity index (χ1v) is 12.1. The standard InChI is InChI=1S/C21H26Cl2N2O4S/c1-14(2)17-7-5-6-8-20(17)29-12-11-24-21(26)15(3)25(30(4,27)28)16-9-10-18(22)19(23)13-16/h5-10,13-15H,11-12H2,1-4H3,(H,24,26). The molecule has 30 heavy (non-hydrogen) atoms. The third kappa shape index (κ3) is 6.27. The first-order valence-electron chi connectivity index (χ1n) is 9.46. The van der Waals surface area contributed by atoms with E-state index in [2.05, 4.69) is 19.2 Å². The molecule has 1 amide bonds. The van der Waals surface area contributed by atoms with Gasteiger partial charge in [-0.25, -0.2) is 8.42 Å². The highest BCUT2D eigenvalue weighted by Crippen LogP contribution is 2.29. The summed E-state index contributed by atoms with van der Waals surface area (Å²) >= 11 is 11.9. The number of carbonyl (C=O) groups excluding carboxylic acids is 1. The van der Waals surface area contributed by atoms with Crippen molar-refractivity contribution >= 4 is 44.8 Å². The van der Waals surface area contributed by atoms with Crippen molar-refractivity contribution in [3.8, 4) is 5.75 Å². The molecule has 0 saturated heterocycles. The maximum atomic E-state index is 12.6. The van der Waals surface area contributed by atoms with Crippen molar-refractivity contribution < 1.29 is 17.9 Å². The summed E-state index contributed by atoms with van der Waals surface area (Å²) in [6.07, 6.45) is 1.03. The van der Waals surface area contributed by atoms with E-state index >= 15 is 0 Å². The van der Waals surface area contributed by atoms with Gasteiger partial charge in [-0.15, -0.1) is 0 Å². The number of rotatable bonds is 9. The second-order valence-corrected chi connectivity index (χ2v) is 9.84. The number of amides is 1. The van der Waals surface area contributed by atoms with Gasteiger partial charge in [-0.1, -0.05) is 55.2 Å². The van der Waals surface area contributed by atoms with E-state index in [1.54, 1.807) is 0 Å². The zero-order chi connectivity index (χ0) is 22.5. The largest absolute Gasteiger partial charge is 0.491 e. The molecule has 0 aliphatic heterocycles. The fraction of sp³-hybridized carbons (Fsp3) is 0.381. The van der Waals surface area contributed by atoms with Crippen molar-refractivity contribution in [1.29, 1.82) is 0 Å². The molecule has 2 rings (SSSR count). The molecule has 0 aromatic heterocycles. The molecule has 0 aliphatic rings. The van der Waals surface area contributed by atoms with Crippen LogP contribution in [0.2, 0.25) is 10.0 Å². The van der Waals surface area contributed by atoms with Gasteiger partial charge in [0.2, 0.25) is 15.9 Å². The van der Waals surface area contributed by atoms with Crippen molar-refractivity contribution in [2.45, 2.75) is 32.7 Å². The number of carbonyl (C=O) groups is 1. The quantitative estimate of drug-likeness (QED) is 0.546. The number of ether oxygens (including phenoxy) is 1. The Hall–Kier alpha value is -1.96. The van der Waals surface area contributed by atoms with Gasteiger partial charge in [0.25, 0.3) is 0 Å². The van der Waals surface area contributed by atoms with Gasteiger partial charge in [-0.05, 0) is 42.7 Å². The van der Waals surface area contributed by atoms with Crippen molar-refractivity contribution in [2.24, 2.45) is 0 Å². The summed E-state index contributed by atoms with van der Waals surface area (Å²) < 4.78 is 31.5. The summed E-state index contributed by atoms with van der Waals surface area (Å²) in [5, 5.41) is 3.22. The van der Waals surface area contributed by atoms with E-state index < -0.39 is 22.0 Å². The van der Waals surface area contributed by atoms with Crippen LogP contribution < -0.4 is 14.4 Å². The van der Waals surface area contributed by atoms with Crippen LogP contribution in [0.15, 0.2) is 42.5 Å². The van der Waals surface area contributed by atoms with E-state index in [0.29, 0.717) is 10.9 Å². The van der Waals surface area contributed by atoms with Crippen LogP contribution in [0.5, 0.6) is 5.75 Å². The fourth-order valence-corrected chi connectivity index (χ4v) is 4.46. The summed E-state index contributed by atoms with van der Waals surface area (Å²) in [4.78, 5) is 12.6. The van der Waals surface area contributed by atoms with Gasteiger partial charge in [0.1, 0.15) is 18.4 Å². The lowest BCUT2D eigenvalue weighted by Gasteiger charge is -2.28. The molecule has 0 heterocycles. The molecule has 1 N–H and O–H groups in total. The monoisotopic (exact) mass is 472 g/mol. The average Bonchev–Trinajstić information content (AvgIpc) is 2.67. The number of sulfonamides is 1. The maximum Gasteiger partial charge on any atom is 0.243 e. The van der Waals surface area contributed by atoms with Crippen LogP contribution in [-0.4, -0.2) is 39.8 Å². The number of hydrogen-bond acceptors (Lipinski definition) is 4. The van der Waals surface area contributed by atoms with E-state index in [-0.39, 0.29) is 23.9 Å². The van der Waals surface area contributed by atoms with E-state index in [1.165, 1.54) is 25.1 Å². The number of para-hydroxylation sites is 1. The van der Waals surface area contributed by atoms with Gasteiger partial charge in [0.15, 0.2) is 0 Å². The summed E-state index contributed by atoms with van der Waals surface area (Å²) in [6.45, 7) is 6.15. The Morgan fingerprint density at radius 1 is 1.10 bits per heavy atom. The first kappa shape index (κ1) is 24.3. The highest BCUT2D eigenvalue weighted by Gasteiger charge is 2.29. The number of nitrogens with one attached hydrogen (secondary N) is 1. The zero-order valence-electron chi connectivity index (χ0n) is 17.4. The average molecular weight is 473 g/mol. The molecule has 6 nitrogen and oxygen atoms in total. The van der Waals surface area contributed by atoms with Crippen molar-refractivity contribution in [3.05, 3.63) is 58.1 Å². The van der Waals surface area contributed by atoms with Gasteiger partial charge in [-0.3, -0.25) is 9.10 Å². The Balaban J connectivity index is 2.03. The molecule has 0 spiro atoms. The van der Waals surface area contributed by atoms with Crippen molar-refractivity contribution in [1.82, 2.24) is 5.32 Å². The number of hydrogen-bond donors (Lipinski definition) is 1. The second-order valence-electron chi connectivity index (χ2n) is 7.17. The number of benzene rings is 2. The van der Waals surface area contributed by atoms with Crippen molar-refractivity contribution in [3.63, 3.8) is 0 Å². The Labute approximate surface area is 188 Å². The number of halogens is 2. The first-order chi connectivity index (χ1) is 14.0. The van der Waals surface area contributed by atoms with Gasteiger partial charge >= 0.3 is 0 Å². The van der Waals surface area contributed by atoms with E-state index in [0.717, 1.165) is 21.9 Å². The minimum Gasteiger partial charge on any atom is -0.491 e. The molecule has 1 unspecified atom stereocenters. The predicted octanol–water partition coefficient (Wildman–Crippen LogP) is 4.47. The Bertz CT molecular complexity index is 996. The molecule has 0 aliphatic carbocycles. The lowest BCUT2D eigenvalue weighted by molar-refractivity contribution is -0.121. The molecule has 1 atom stereocenters. The normalized spacial score (nSPS) is 12.5. The van der Waals surface area contributed by atoms with E-state index in [4.69, 9.17) is 27.9 Å². The smallest absolute Gasteiger partial charge is 0.243 e. The fourth-order valence-electron chi connectivity index (χ4n) is 3.00. The SMILES string of the molecule is CC(C)c1ccccc1OCCNC(=O)C(C)N(c1ccc(Cl)c(Cl)c1)S(C)(=O)=O. The molecule has 2 aromatic rings. The molecule has 9 heteroatoms. The molecule has 0 radical (unpaired) electrons. The van der Waals surface area contributed by atoms with Crippen LogP contribution in [0.4, 0.5) is 5.69 Å². The third-order valence-electron chi connectivity index (χ3n) is 4.45. The molecule has 0 bridgehead atoms. The minimum atomic E-state index is -3.74. The molecule has 164 valence electrons. The van der Waals surface area contributed by atoms with E-state index in [1.807, 2.05) is 24.3 Å². The van der Waals surface area contributed by atoms with Crippen LogP contribution in [0.25, 0.3) is 0 Å². The highest BCUT2D eigenvalue weighted by molar-refractivity contribution is 7.92. The van der Waals surface area contributed by atoms with Crippen LogP contribution in [0.1, 0.15) is 32.3 Å².